The summed E-state index contributed by atoms with van der Waals surface area (Å²) in [6, 6.07) is 4.35. The third-order valence-electron chi connectivity index (χ3n) is 5.97. The van der Waals surface area contributed by atoms with Gasteiger partial charge in [0.05, 0.1) is 12.5 Å². The van der Waals surface area contributed by atoms with E-state index in [1.807, 2.05) is 37.8 Å². The molecule has 0 spiro atoms. The van der Waals surface area contributed by atoms with Crippen LogP contribution in [-0.4, -0.2) is 53.7 Å². The number of likely N-dealkylation sites (N-methyl/N-ethyl adjacent to an activating group) is 1. The first kappa shape index (κ1) is 20.4. The van der Waals surface area contributed by atoms with E-state index < -0.39 is 0 Å². The van der Waals surface area contributed by atoms with Gasteiger partial charge in [-0.15, -0.1) is 0 Å². The van der Waals surface area contributed by atoms with Crippen LogP contribution in [0.3, 0.4) is 0 Å². The maximum absolute atomic E-state index is 12.8. The molecule has 2 fully saturated rings. The first-order valence-corrected chi connectivity index (χ1v) is 10.2. The molecule has 28 heavy (non-hydrogen) atoms. The Labute approximate surface area is 167 Å². The summed E-state index contributed by atoms with van der Waals surface area (Å²) in [6.45, 7) is 6.43. The second-order valence-corrected chi connectivity index (χ2v) is 8.40. The first-order valence-electron chi connectivity index (χ1n) is 10.2. The summed E-state index contributed by atoms with van der Waals surface area (Å²) in [5.74, 6) is -0.605. The third-order valence-corrected chi connectivity index (χ3v) is 5.97. The molecule has 0 bridgehead atoms. The monoisotopic (exact) mass is 385 g/mol. The molecule has 1 aliphatic carbocycles. The van der Waals surface area contributed by atoms with Crippen LogP contribution in [0.1, 0.15) is 48.8 Å². The van der Waals surface area contributed by atoms with Crippen LogP contribution in [0.4, 0.5) is 5.69 Å². The van der Waals surface area contributed by atoms with E-state index >= 15 is 0 Å². The van der Waals surface area contributed by atoms with E-state index in [9.17, 15) is 14.4 Å². The van der Waals surface area contributed by atoms with Crippen molar-refractivity contribution >= 4 is 23.4 Å². The molecular formula is C22H31N3O3. The molecule has 1 aliphatic heterocycles. The number of nitrogens with one attached hydrogen (secondary N) is 1. The van der Waals surface area contributed by atoms with Crippen LogP contribution in [0, 0.1) is 26.7 Å². The van der Waals surface area contributed by atoms with Crippen LogP contribution < -0.4 is 5.32 Å². The topological polar surface area (TPSA) is 69.7 Å². The molecular weight excluding hydrogens is 354 g/mol. The number of carbonyl (C=O) groups excluding carboxylic acids is 3. The van der Waals surface area contributed by atoms with Crippen LogP contribution in [0.25, 0.3) is 0 Å². The maximum Gasteiger partial charge on any atom is 0.243 e. The van der Waals surface area contributed by atoms with Gasteiger partial charge in [0.1, 0.15) is 0 Å². The largest absolute Gasteiger partial charge is 0.339 e. The molecule has 152 valence electrons. The van der Waals surface area contributed by atoms with E-state index in [1.54, 1.807) is 7.05 Å². The molecule has 0 aromatic heterocycles. The van der Waals surface area contributed by atoms with Gasteiger partial charge in [0.2, 0.25) is 17.7 Å². The van der Waals surface area contributed by atoms with Crippen LogP contribution in [-0.2, 0) is 14.4 Å². The van der Waals surface area contributed by atoms with Crippen molar-refractivity contribution in [1.29, 1.82) is 0 Å². The zero-order valence-electron chi connectivity index (χ0n) is 17.4. The number of carbonyl (C=O) groups is 3. The van der Waals surface area contributed by atoms with Gasteiger partial charge in [0.25, 0.3) is 0 Å². The van der Waals surface area contributed by atoms with Gasteiger partial charge in [-0.2, -0.15) is 0 Å². The second kappa shape index (κ2) is 8.33. The molecule has 1 saturated heterocycles. The van der Waals surface area contributed by atoms with Crippen molar-refractivity contribution in [2.24, 2.45) is 5.92 Å². The number of hydrogen-bond donors (Lipinski definition) is 1. The lowest BCUT2D eigenvalue weighted by molar-refractivity contribution is -0.137. The summed E-state index contributed by atoms with van der Waals surface area (Å²) in [5, 5.41) is 2.93. The highest BCUT2D eigenvalue weighted by atomic mass is 16.2. The van der Waals surface area contributed by atoms with Gasteiger partial charge in [0.15, 0.2) is 0 Å². The summed E-state index contributed by atoms with van der Waals surface area (Å²) in [5.41, 5.74) is 3.97. The van der Waals surface area contributed by atoms with Gasteiger partial charge in [-0.25, -0.2) is 0 Å². The average molecular weight is 386 g/mol. The lowest BCUT2D eigenvalue weighted by Gasteiger charge is -2.25. The third kappa shape index (κ3) is 4.37. The number of rotatable bonds is 5. The van der Waals surface area contributed by atoms with Crippen molar-refractivity contribution in [3.05, 3.63) is 28.8 Å². The van der Waals surface area contributed by atoms with Gasteiger partial charge in [-0.3, -0.25) is 14.4 Å². The molecule has 0 radical (unpaired) electrons. The van der Waals surface area contributed by atoms with Gasteiger partial charge in [0, 0.05) is 31.7 Å². The molecule has 3 rings (SSSR count). The van der Waals surface area contributed by atoms with E-state index in [-0.39, 0.29) is 36.6 Å². The molecule has 1 atom stereocenters. The molecule has 0 unspecified atom stereocenters. The van der Waals surface area contributed by atoms with Gasteiger partial charge in [-0.1, -0.05) is 30.5 Å². The highest BCUT2D eigenvalue weighted by molar-refractivity contribution is 5.97. The van der Waals surface area contributed by atoms with Crippen molar-refractivity contribution in [2.45, 2.75) is 58.9 Å². The lowest BCUT2D eigenvalue weighted by atomic mass is 10.0. The van der Waals surface area contributed by atoms with Gasteiger partial charge in [-0.05, 0) is 44.7 Å². The predicted octanol–water partition coefficient (Wildman–Crippen LogP) is 2.80. The van der Waals surface area contributed by atoms with Crippen LogP contribution in [0.15, 0.2) is 12.1 Å². The molecule has 1 heterocycles. The Kier molecular flexibility index (Phi) is 6.06. The molecule has 1 aromatic rings. The predicted molar refractivity (Wildman–Crippen MR) is 109 cm³/mol. The zero-order chi connectivity index (χ0) is 20.4. The Bertz CT molecular complexity index is 760. The number of likely N-dealkylation sites (tertiary alicyclic amines) is 1. The Morgan fingerprint density at radius 3 is 2.36 bits per heavy atom. The van der Waals surface area contributed by atoms with E-state index in [0.717, 1.165) is 48.1 Å². The molecule has 3 amide bonds. The number of amides is 3. The van der Waals surface area contributed by atoms with Crippen molar-refractivity contribution in [1.82, 2.24) is 9.80 Å². The van der Waals surface area contributed by atoms with Gasteiger partial charge >= 0.3 is 0 Å². The fourth-order valence-corrected chi connectivity index (χ4v) is 4.63. The van der Waals surface area contributed by atoms with Crippen molar-refractivity contribution in [2.75, 3.05) is 25.5 Å². The SMILES string of the molecule is Cc1cc(C)c(NC(=O)CN(C)C(=O)[C@H]2CC(=O)N(C3CCCC3)C2)c(C)c1. The van der Waals surface area contributed by atoms with E-state index in [2.05, 4.69) is 5.32 Å². The van der Waals surface area contributed by atoms with Crippen molar-refractivity contribution in [3.8, 4) is 0 Å². The normalized spacial score (nSPS) is 19.9. The minimum absolute atomic E-state index is 0.0142. The summed E-state index contributed by atoms with van der Waals surface area (Å²) < 4.78 is 0. The summed E-state index contributed by atoms with van der Waals surface area (Å²) in [6.07, 6.45) is 4.66. The van der Waals surface area contributed by atoms with Gasteiger partial charge < -0.3 is 15.1 Å². The summed E-state index contributed by atoms with van der Waals surface area (Å²) in [4.78, 5) is 41.0. The van der Waals surface area contributed by atoms with E-state index in [0.29, 0.717) is 12.6 Å². The van der Waals surface area contributed by atoms with Crippen LogP contribution in [0.5, 0.6) is 0 Å². The minimum atomic E-state index is -0.339. The number of hydrogen-bond acceptors (Lipinski definition) is 3. The quantitative estimate of drug-likeness (QED) is 0.847. The molecule has 2 aliphatic rings. The van der Waals surface area contributed by atoms with Crippen LogP contribution in [0.2, 0.25) is 0 Å². The fourth-order valence-electron chi connectivity index (χ4n) is 4.63. The average Bonchev–Trinajstić information content (AvgIpc) is 3.26. The minimum Gasteiger partial charge on any atom is -0.339 e. The highest BCUT2D eigenvalue weighted by Gasteiger charge is 2.39. The zero-order valence-corrected chi connectivity index (χ0v) is 17.4. The van der Waals surface area contributed by atoms with E-state index in [4.69, 9.17) is 0 Å². The Hall–Kier alpha value is -2.37. The van der Waals surface area contributed by atoms with E-state index in [1.165, 1.54) is 4.90 Å². The maximum atomic E-state index is 12.8. The molecule has 1 N–H and O–H groups in total. The number of benzene rings is 1. The number of nitrogens with zero attached hydrogens (tertiary/aromatic N) is 2. The van der Waals surface area contributed by atoms with Crippen molar-refractivity contribution < 1.29 is 14.4 Å². The summed E-state index contributed by atoms with van der Waals surface area (Å²) >= 11 is 0. The highest BCUT2D eigenvalue weighted by Crippen LogP contribution is 2.30. The molecule has 6 nitrogen and oxygen atoms in total. The fraction of sp³-hybridized carbons (Fsp3) is 0.591. The molecule has 1 aromatic carbocycles. The lowest BCUT2D eigenvalue weighted by Crippen LogP contribution is -2.40. The first-order chi connectivity index (χ1) is 13.3. The molecule has 1 saturated carbocycles. The second-order valence-electron chi connectivity index (χ2n) is 8.40. The Morgan fingerprint density at radius 2 is 1.75 bits per heavy atom. The molecule has 6 heteroatoms. The number of anilines is 1. The van der Waals surface area contributed by atoms with Crippen molar-refractivity contribution in [3.63, 3.8) is 0 Å². The smallest absolute Gasteiger partial charge is 0.243 e. The standard InChI is InChI=1S/C22H31N3O3/c1-14-9-15(2)21(16(3)10-14)23-19(26)13-24(4)22(28)17-11-20(27)25(12-17)18-7-5-6-8-18/h9-10,17-18H,5-8,11-13H2,1-4H3,(H,23,26)/t17-/m0/s1. The van der Waals surface area contributed by atoms with Crippen LogP contribution >= 0.6 is 0 Å². The Morgan fingerprint density at radius 1 is 1.14 bits per heavy atom. The number of aryl methyl sites for hydroxylation is 3. The Balaban J connectivity index is 1.57. The summed E-state index contributed by atoms with van der Waals surface area (Å²) in [7, 11) is 1.64.